The lowest BCUT2D eigenvalue weighted by Gasteiger charge is -2.21. The number of fused-ring (bicyclic) bond motifs is 3. The second kappa shape index (κ2) is 11.1. The van der Waals surface area contributed by atoms with Gasteiger partial charge in [0.15, 0.2) is 0 Å². The number of hydrogen-bond acceptors (Lipinski definition) is 2. The van der Waals surface area contributed by atoms with E-state index in [1.54, 1.807) is 0 Å². The fourth-order valence-electron chi connectivity index (χ4n) is 6.58. The molecule has 3 nitrogen and oxygen atoms in total. The van der Waals surface area contributed by atoms with Crippen LogP contribution in [0.25, 0.3) is 44.7 Å². The molecule has 1 aliphatic heterocycles. The van der Waals surface area contributed by atoms with Crippen molar-refractivity contribution in [2.75, 3.05) is 0 Å². The second-order valence-electron chi connectivity index (χ2n) is 13.0. The summed E-state index contributed by atoms with van der Waals surface area (Å²) < 4.78 is 15.5. The van der Waals surface area contributed by atoms with Crippen LogP contribution in [0.5, 0.6) is 11.5 Å². The van der Waals surface area contributed by atoms with Crippen LogP contribution < -0.4 is 8.53 Å². The van der Waals surface area contributed by atoms with Crippen molar-refractivity contribution in [3.63, 3.8) is 0 Å². The summed E-state index contributed by atoms with van der Waals surface area (Å²) in [5, 5.41) is 2.55. The van der Waals surface area contributed by atoms with E-state index < -0.39 is 14.5 Å². The monoisotopic (exact) mass is 603 g/mol. The van der Waals surface area contributed by atoms with E-state index in [-0.39, 0.29) is 8.74 Å². The Hall–Kier alpha value is -4.49. The summed E-state index contributed by atoms with van der Waals surface area (Å²) >= 11 is -1.75. The van der Waals surface area contributed by atoms with E-state index in [1.165, 1.54) is 32.9 Å². The minimum absolute atomic E-state index is 0.00962. The predicted molar refractivity (Wildman–Crippen MR) is 191 cm³/mol. The van der Waals surface area contributed by atoms with Crippen LogP contribution in [0.15, 0.2) is 133 Å². The highest BCUT2D eigenvalue weighted by Gasteiger charge is 2.82. The van der Waals surface area contributed by atoms with E-state index in [0.717, 1.165) is 33.9 Å². The van der Waals surface area contributed by atoms with Crippen molar-refractivity contribution in [2.45, 2.75) is 43.4 Å². The van der Waals surface area contributed by atoms with Crippen LogP contribution in [0.3, 0.4) is 0 Å². The van der Waals surface area contributed by atoms with Crippen LogP contribution in [0.4, 0.5) is 0 Å². The highest BCUT2D eigenvalue weighted by molar-refractivity contribution is 6.73. The number of aromatic nitrogens is 1. The summed E-state index contributed by atoms with van der Waals surface area (Å²) in [6.07, 6.45) is 4.15. The second-order valence-corrected chi connectivity index (χ2v) is 16.6. The fourth-order valence-corrected chi connectivity index (χ4v) is 9.80. The van der Waals surface area contributed by atoms with Crippen molar-refractivity contribution < 1.29 is 8.53 Å². The molecule has 222 valence electrons. The van der Waals surface area contributed by atoms with Gasteiger partial charge in [0.25, 0.3) is 0 Å². The zero-order chi connectivity index (χ0) is 31.3. The molecule has 45 heavy (non-hydrogen) atoms. The third kappa shape index (κ3) is 5.09. The van der Waals surface area contributed by atoms with Crippen LogP contribution in [-0.4, -0.2) is 23.5 Å². The smallest absolute Gasteiger partial charge is 0.603 e. The van der Waals surface area contributed by atoms with Gasteiger partial charge in [-0.05, 0) is 89.8 Å². The van der Waals surface area contributed by atoms with Gasteiger partial charge >= 0.3 is 14.5 Å². The van der Waals surface area contributed by atoms with Crippen LogP contribution in [0.2, 0.25) is 4.28 Å². The molecule has 0 N–H and O–H groups in total. The molecule has 4 heteroatoms. The Morgan fingerprint density at radius 1 is 0.733 bits per heavy atom. The molecule has 0 saturated carbocycles. The lowest BCUT2D eigenvalue weighted by molar-refractivity contribution is 0.186. The molecule has 7 rings (SSSR count). The molecular formula is C41H38AlNO2. The molecule has 0 aliphatic carbocycles. The minimum Gasteiger partial charge on any atom is -0.641 e. The normalized spacial score (nSPS) is 17.2. The number of allylic oxidation sites excluding steroid dienone is 2. The van der Waals surface area contributed by atoms with Crippen LogP contribution in [0, 0.1) is 6.92 Å². The van der Waals surface area contributed by atoms with Gasteiger partial charge in [0.05, 0.1) is 16.8 Å². The van der Waals surface area contributed by atoms with Crippen molar-refractivity contribution in [1.29, 1.82) is 0 Å². The third-order valence-corrected chi connectivity index (χ3v) is 13.6. The van der Waals surface area contributed by atoms with Crippen molar-refractivity contribution in [2.24, 2.45) is 0 Å². The van der Waals surface area contributed by atoms with Gasteiger partial charge in [-0.2, -0.15) is 0 Å². The van der Waals surface area contributed by atoms with Gasteiger partial charge in [-0.1, -0.05) is 111 Å². The lowest BCUT2D eigenvalue weighted by atomic mass is 10.1. The molecule has 1 saturated heterocycles. The molecule has 6 aromatic rings. The maximum absolute atomic E-state index is 6.76. The highest BCUT2D eigenvalue weighted by Crippen LogP contribution is 2.63. The number of rotatable bonds is 8. The first kappa shape index (κ1) is 29.2. The van der Waals surface area contributed by atoms with Crippen LogP contribution in [0.1, 0.15) is 38.8 Å². The molecule has 1 unspecified atom stereocenters. The Bertz CT molecular complexity index is 2030. The van der Waals surface area contributed by atoms with Gasteiger partial charge in [-0.15, -0.1) is 0 Å². The molecule has 1 atom stereocenters. The molecule has 1 aliphatic rings. The van der Waals surface area contributed by atoms with Gasteiger partial charge in [0.2, 0.25) is 0 Å². The van der Waals surface area contributed by atoms with E-state index in [1.807, 2.05) is 13.0 Å². The molecule has 0 amide bonds. The topological polar surface area (TPSA) is 23.4 Å². The van der Waals surface area contributed by atoms with Crippen molar-refractivity contribution in [1.82, 2.24) is 4.57 Å². The number of ether oxygens (including phenoxy) is 1. The molecule has 5 aromatic carbocycles. The van der Waals surface area contributed by atoms with Crippen molar-refractivity contribution >= 4 is 42.4 Å². The van der Waals surface area contributed by atoms with E-state index in [0.29, 0.717) is 0 Å². The molecule has 1 aromatic heterocycles. The first-order valence-electron chi connectivity index (χ1n) is 15.7. The van der Waals surface area contributed by atoms with Crippen molar-refractivity contribution in [3.05, 3.63) is 145 Å². The summed E-state index contributed by atoms with van der Waals surface area (Å²) in [5.41, 5.74) is 9.26. The molecule has 0 radical (unpaired) electrons. The van der Waals surface area contributed by atoms with Gasteiger partial charge in [-0.25, -0.2) is 0 Å². The molecule has 0 bridgehead atoms. The number of benzene rings is 5. The third-order valence-electron chi connectivity index (χ3n) is 9.69. The maximum atomic E-state index is 6.76. The van der Waals surface area contributed by atoms with Crippen LogP contribution in [-0.2, 0) is 0 Å². The molecule has 2 heterocycles. The maximum Gasteiger partial charge on any atom is 0.603 e. The standard InChI is InChI=1S/C24H17NO.C17H22O.Al/c26-20-15-11-18(12-16-20)17-9-13-19(14-10-17)25-23-7-3-1-5-21(23)22-6-2-4-8-24(22)25;1-12(2)10-11-16-8-7-9-17(14(16)5)18-15(6)13(3)4;/h1-16,26H;7-11H,1H2,2-6H3;/q;;+1/p-1/b;11-10-;. The fraction of sp³-hybridized carbons (Fsp3) is 0.171. The zero-order valence-corrected chi connectivity index (χ0v) is 27.8. The largest absolute Gasteiger partial charge is 0.641 e. The highest BCUT2D eigenvalue weighted by atomic mass is 27.2. The van der Waals surface area contributed by atoms with Gasteiger partial charge in [0.1, 0.15) is 10.2 Å². The van der Waals surface area contributed by atoms with Gasteiger partial charge < -0.3 is 13.1 Å². The number of para-hydroxylation sites is 2. The Morgan fingerprint density at radius 3 is 1.91 bits per heavy atom. The summed E-state index contributed by atoms with van der Waals surface area (Å²) in [6.45, 7) is 14.9. The molecule has 1 fully saturated rings. The molecule has 0 spiro atoms. The average molecular weight is 604 g/mol. The zero-order valence-electron chi connectivity index (χ0n) is 26.7. The Labute approximate surface area is 270 Å². The predicted octanol–water partition coefficient (Wildman–Crippen LogP) is 10.9. The summed E-state index contributed by atoms with van der Waals surface area (Å²) in [4.78, 5) is 0. The minimum atomic E-state index is -1.75. The average Bonchev–Trinajstić information content (AvgIpc) is 3.29. The lowest BCUT2D eigenvalue weighted by Crippen LogP contribution is -2.26. The summed E-state index contributed by atoms with van der Waals surface area (Å²) in [6, 6.07) is 40.9. The van der Waals surface area contributed by atoms with E-state index in [9.17, 15) is 0 Å². The summed E-state index contributed by atoms with van der Waals surface area (Å²) in [5.74, 6) is 1.83. The van der Waals surface area contributed by atoms with E-state index >= 15 is 0 Å². The Kier molecular flexibility index (Phi) is 7.24. The summed E-state index contributed by atoms with van der Waals surface area (Å²) in [7, 11) is 0. The van der Waals surface area contributed by atoms with Gasteiger partial charge in [0, 0.05) is 16.5 Å². The Morgan fingerprint density at radius 2 is 1.31 bits per heavy atom. The quantitative estimate of drug-likeness (QED) is 0.128. The van der Waals surface area contributed by atoms with E-state index in [2.05, 4.69) is 160 Å². The first-order valence-corrected chi connectivity index (χ1v) is 17.3. The van der Waals surface area contributed by atoms with E-state index in [4.69, 9.17) is 8.53 Å². The number of nitrogens with zero attached hydrogens (tertiary/aromatic N) is 1. The number of hydrogen-bond donors (Lipinski definition) is 0. The SMILES string of the molecule is C=C(C)/C=C\c1cccc(O[C]2(C)[Al]([O]c3ccc(-c4ccc(-n5c6ccccc6c6ccccc65)cc4)cc3)[C]2(C)C)c1C. The van der Waals surface area contributed by atoms with Crippen molar-refractivity contribution in [3.8, 4) is 28.3 Å². The Balaban J connectivity index is 1.08. The van der Waals surface area contributed by atoms with Crippen LogP contribution >= 0.6 is 0 Å². The molecular weight excluding hydrogens is 565 g/mol. The van der Waals surface area contributed by atoms with Gasteiger partial charge in [-0.3, -0.25) is 0 Å². The first-order chi connectivity index (χ1) is 21.7.